The van der Waals surface area contributed by atoms with Gasteiger partial charge < -0.3 is 14.4 Å². The molecule has 0 aromatic heterocycles. The lowest BCUT2D eigenvalue weighted by atomic mass is 10.2. The third-order valence-corrected chi connectivity index (χ3v) is 7.47. The van der Waals surface area contributed by atoms with Crippen molar-refractivity contribution in [1.29, 1.82) is 0 Å². The number of benzene rings is 2. The second kappa shape index (κ2) is 10.8. The minimum absolute atomic E-state index is 0.0422. The first kappa shape index (κ1) is 24.7. The van der Waals surface area contributed by atoms with Gasteiger partial charge in [0.2, 0.25) is 10.0 Å². The number of amides is 1. The average molecular weight is 475 g/mol. The number of nitrogens with zero attached hydrogens (tertiary/aromatic N) is 2. The summed E-state index contributed by atoms with van der Waals surface area (Å²) in [6.07, 6.45) is 1.58. The highest BCUT2D eigenvalue weighted by Crippen LogP contribution is 2.30. The first-order chi connectivity index (χ1) is 15.7. The molecule has 0 radical (unpaired) electrons. The highest BCUT2D eigenvalue weighted by molar-refractivity contribution is 7.89. The molecule has 1 fully saturated rings. The third kappa shape index (κ3) is 5.91. The number of esters is 1. The molecule has 1 saturated heterocycles. The molecule has 0 aliphatic carbocycles. The molecule has 9 heteroatoms. The minimum Gasteiger partial charge on any atom is -0.495 e. The fraction of sp³-hybridized carbons (Fsp3) is 0.417. The molecular formula is C24H30N2O6S. The third-order valence-electron chi connectivity index (χ3n) is 5.55. The zero-order chi connectivity index (χ0) is 24.0. The first-order valence-electron chi connectivity index (χ1n) is 10.9. The number of rotatable bonds is 9. The van der Waals surface area contributed by atoms with Crippen LogP contribution in [0.25, 0.3) is 0 Å². The van der Waals surface area contributed by atoms with Crippen molar-refractivity contribution in [3.05, 3.63) is 59.7 Å². The molecule has 0 spiro atoms. The van der Waals surface area contributed by atoms with Crippen LogP contribution in [0.15, 0.2) is 53.4 Å². The van der Waals surface area contributed by atoms with Crippen LogP contribution in [0.1, 0.15) is 42.6 Å². The van der Waals surface area contributed by atoms with Crippen LogP contribution in [0.2, 0.25) is 0 Å². The van der Waals surface area contributed by atoms with E-state index >= 15 is 0 Å². The normalized spacial score (nSPS) is 14.3. The van der Waals surface area contributed by atoms with E-state index in [0.717, 1.165) is 18.4 Å². The lowest BCUT2D eigenvalue weighted by Crippen LogP contribution is -2.39. The molecule has 2 aromatic carbocycles. The lowest BCUT2D eigenvalue weighted by molar-refractivity contribution is -0.136. The summed E-state index contributed by atoms with van der Waals surface area (Å²) < 4.78 is 37.9. The maximum absolute atomic E-state index is 13.0. The van der Waals surface area contributed by atoms with E-state index in [1.165, 1.54) is 29.6 Å². The Morgan fingerprint density at radius 2 is 1.73 bits per heavy atom. The highest BCUT2D eigenvalue weighted by Gasteiger charge is 2.31. The number of carbonyl (C=O) groups is 2. The summed E-state index contributed by atoms with van der Waals surface area (Å²) in [4.78, 5) is 27.0. The molecular weight excluding hydrogens is 444 g/mol. The predicted molar refractivity (Wildman–Crippen MR) is 123 cm³/mol. The standard InChI is InChI=1S/C24H30N2O6S/c1-18(2)26(16-19-9-5-4-6-10-19)23(27)17-32-24(28)20-11-12-21(31-3)22(15-20)33(29,30)25-13-7-8-14-25/h4-6,9-12,15,18H,7-8,13-14,16-17H2,1-3H3. The Hall–Kier alpha value is -2.91. The zero-order valence-corrected chi connectivity index (χ0v) is 20.0. The molecule has 1 amide bonds. The van der Waals surface area contributed by atoms with Gasteiger partial charge in [-0.3, -0.25) is 4.79 Å². The summed E-state index contributed by atoms with van der Waals surface area (Å²) in [5.74, 6) is -0.948. The molecule has 0 unspecified atom stereocenters. The molecule has 1 aliphatic heterocycles. The quantitative estimate of drug-likeness (QED) is 0.519. The second-order valence-corrected chi connectivity index (χ2v) is 10.1. The van der Waals surface area contributed by atoms with Gasteiger partial charge in [0.15, 0.2) is 6.61 Å². The summed E-state index contributed by atoms with van der Waals surface area (Å²) in [5, 5.41) is 0. The van der Waals surface area contributed by atoms with Crippen molar-refractivity contribution in [2.75, 3.05) is 26.8 Å². The summed E-state index contributed by atoms with van der Waals surface area (Å²) in [7, 11) is -2.43. The zero-order valence-electron chi connectivity index (χ0n) is 19.2. The van der Waals surface area contributed by atoms with Gasteiger partial charge in [-0.25, -0.2) is 13.2 Å². The van der Waals surface area contributed by atoms with Crippen molar-refractivity contribution < 1.29 is 27.5 Å². The van der Waals surface area contributed by atoms with Crippen molar-refractivity contribution in [2.24, 2.45) is 0 Å². The Balaban J connectivity index is 1.72. The van der Waals surface area contributed by atoms with E-state index < -0.39 is 22.6 Å². The number of methoxy groups -OCH3 is 1. The minimum atomic E-state index is -3.80. The predicted octanol–water partition coefficient (Wildman–Crippen LogP) is 3.07. The summed E-state index contributed by atoms with van der Waals surface area (Å²) in [5.41, 5.74) is 1.01. The van der Waals surface area contributed by atoms with Crippen LogP contribution in [-0.4, -0.2) is 62.3 Å². The number of carbonyl (C=O) groups excluding carboxylic acids is 2. The number of hydrogen-bond acceptors (Lipinski definition) is 6. The summed E-state index contributed by atoms with van der Waals surface area (Å²) >= 11 is 0. The molecule has 178 valence electrons. The van der Waals surface area contributed by atoms with E-state index in [1.807, 2.05) is 44.2 Å². The van der Waals surface area contributed by atoms with Crippen LogP contribution < -0.4 is 4.74 Å². The fourth-order valence-electron chi connectivity index (χ4n) is 3.71. The molecule has 2 aromatic rings. The second-order valence-electron chi connectivity index (χ2n) is 8.15. The fourth-order valence-corrected chi connectivity index (χ4v) is 5.40. The molecule has 0 saturated carbocycles. The van der Waals surface area contributed by atoms with E-state index in [9.17, 15) is 18.0 Å². The van der Waals surface area contributed by atoms with E-state index in [0.29, 0.717) is 19.6 Å². The van der Waals surface area contributed by atoms with Gasteiger partial charge in [-0.15, -0.1) is 0 Å². The SMILES string of the molecule is COc1ccc(C(=O)OCC(=O)N(Cc2ccccc2)C(C)C)cc1S(=O)(=O)N1CCCC1. The molecule has 3 rings (SSSR count). The smallest absolute Gasteiger partial charge is 0.338 e. The van der Waals surface area contributed by atoms with E-state index in [2.05, 4.69) is 0 Å². The Bertz CT molecular complexity index is 1080. The number of ether oxygens (including phenoxy) is 2. The van der Waals surface area contributed by atoms with Gasteiger partial charge in [0.1, 0.15) is 10.6 Å². The van der Waals surface area contributed by atoms with Crippen molar-refractivity contribution in [2.45, 2.75) is 44.2 Å². The van der Waals surface area contributed by atoms with Gasteiger partial charge in [-0.05, 0) is 50.5 Å². The monoisotopic (exact) mass is 474 g/mol. The maximum Gasteiger partial charge on any atom is 0.338 e. The van der Waals surface area contributed by atoms with Crippen LogP contribution in [0, 0.1) is 0 Å². The van der Waals surface area contributed by atoms with Crippen molar-refractivity contribution >= 4 is 21.9 Å². The highest BCUT2D eigenvalue weighted by atomic mass is 32.2. The van der Waals surface area contributed by atoms with Crippen molar-refractivity contribution in [1.82, 2.24) is 9.21 Å². The maximum atomic E-state index is 13.0. The van der Waals surface area contributed by atoms with Crippen LogP contribution in [0.3, 0.4) is 0 Å². The van der Waals surface area contributed by atoms with E-state index in [4.69, 9.17) is 9.47 Å². The van der Waals surface area contributed by atoms with Gasteiger partial charge in [-0.2, -0.15) is 4.31 Å². The molecule has 0 atom stereocenters. The Morgan fingerprint density at radius 1 is 1.06 bits per heavy atom. The van der Waals surface area contributed by atoms with Crippen LogP contribution in [0.4, 0.5) is 0 Å². The lowest BCUT2D eigenvalue weighted by Gasteiger charge is -2.26. The van der Waals surface area contributed by atoms with E-state index in [1.54, 1.807) is 4.90 Å². The van der Waals surface area contributed by atoms with Crippen molar-refractivity contribution in [3.63, 3.8) is 0 Å². The van der Waals surface area contributed by atoms with Gasteiger partial charge in [0, 0.05) is 25.7 Å². The summed E-state index contributed by atoms with van der Waals surface area (Å²) in [6.45, 7) is 4.60. The Labute approximate surface area is 195 Å². The summed E-state index contributed by atoms with van der Waals surface area (Å²) in [6, 6.07) is 13.6. The Kier molecular flexibility index (Phi) is 8.10. The molecule has 0 N–H and O–H groups in total. The largest absolute Gasteiger partial charge is 0.495 e. The average Bonchev–Trinajstić information content (AvgIpc) is 3.37. The molecule has 0 bridgehead atoms. The van der Waals surface area contributed by atoms with E-state index in [-0.39, 0.29) is 28.2 Å². The van der Waals surface area contributed by atoms with Gasteiger partial charge >= 0.3 is 5.97 Å². The van der Waals surface area contributed by atoms with Gasteiger partial charge in [-0.1, -0.05) is 30.3 Å². The molecule has 1 aliphatic rings. The van der Waals surface area contributed by atoms with Gasteiger partial charge in [0.05, 0.1) is 12.7 Å². The number of sulfonamides is 1. The molecule has 8 nitrogen and oxygen atoms in total. The van der Waals surface area contributed by atoms with Crippen LogP contribution in [0.5, 0.6) is 5.75 Å². The number of hydrogen-bond donors (Lipinski definition) is 0. The molecule has 33 heavy (non-hydrogen) atoms. The topological polar surface area (TPSA) is 93.2 Å². The van der Waals surface area contributed by atoms with Crippen LogP contribution in [-0.2, 0) is 26.1 Å². The molecule has 1 heterocycles. The Morgan fingerprint density at radius 3 is 2.33 bits per heavy atom. The first-order valence-corrected chi connectivity index (χ1v) is 12.4. The van der Waals surface area contributed by atoms with Gasteiger partial charge in [0.25, 0.3) is 5.91 Å². The van der Waals surface area contributed by atoms with Crippen molar-refractivity contribution in [3.8, 4) is 5.75 Å². The van der Waals surface area contributed by atoms with Crippen LogP contribution >= 0.6 is 0 Å².